The summed E-state index contributed by atoms with van der Waals surface area (Å²) in [7, 11) is 2.25. The Bertz CT molecular complexity index is 861. The van der Waals surface area contributed by atoms with E-state index in [1.165, 1.54) is 22.0 Å². The van der Waals surface area contributed by atoms with Crippen molar-refractivity contribution in [3.63, 3.8) is 0 Å². The average Bonchev–Trinajstić information content (AvgIpc) is 2.87. The number of benzene rings is 2. The second-order valence-electron chi connectivity index (χ2n) is 7.30. The normalized spacial score (nSPS) is 18.0. The van der Waals surface area contributed by atoms with Crippen molar-refractivity contribution in [1.29, 1.82) is 0 Å². The van der Waals surface area contributed by atoms with E-state index in [2.05, 4.69) is 78.9 Å². The molecule has 0 N–H and O–H groups in total. The van der Waals surface area contributed by atoms with Gasteiger partial charge in [-0.15, -0.1) is 0 Å². The summed E-state index contributed by atoms with van der Waals surface area (Å²) in [5, 5.41) is 1.46. The maximum atomic E-state index is 2.58. The highest BCUT2D eigenvalue weighted by molar-refractivity contribution is 5.86. The van der Waals surface area contributed by atoms with E-state index in [0.29, 0.717) is 6.04 Å². The van der Waals surface area contributed by atoms with Gasteiger partial charge in [0.25, 0.3) is 0 Å². The fourth-order valence-electron chi connectivity index (χ4n) is 3.98. The minimum Gasteiger partial charge on any atom is -0.344 e. The van der Waals surface area contributed by atoms with Gasteiger partial charge in [-0.2, -0.15) is 0 Å². The summed E-state index contributed by atoms with van der Waals surface area (Å²) in [5.41, 5.74) is 7.27. The Morgan fingerprint density at radius 2 is 1.88 bits per heavy atom. The van der Waals surface area contributed by atoms with E-state index in [4.69, 9.17) is 0 Å². The summed E-state index contributed by atoms with van der Waals surface area (Å²) < 4.78 is 2.58. The predicted molar refractivity (Wildman–Crippen MR) is 101 cm³/mol. The lowest BCUT2D eigenvalue weighted by Gasteiger charge is -2.31. The molecule has 0 radical (unpaired) electrons. The van der Waals surface area contributed by atoms with Crippen molar-refractivity contribution in [2.75, 3.05) is 7.05 Å². The summed E-state index contributed by atoms with van der Waals surface area (Å²) in [4.78, 5) is 2.48. The van der Waals surface area contributed by atoms with Gasteiger partial charge in [-0.3, -0.25) is 4.90 Å². The smallest absolute Gasteiger partial charge is 0.0486 e. The lowest BCUT2D eigenvalue weighted by Crippen LogP contribution is -2.35. The van der Waals surface area contributed by atoms with Crippen LogP contribution in [0.3, 0.4) is 0 Å². The maximum Gasteiger partial charge on any atom is 0.0486 e. The predicted octanol–water partition coefficient (Wildman–Crippen LogP) is 4.57. The molecule has 1 aromatic heterocycles. The number of rotatable bonds is 3. The largest absolute Gasteiger partial charge is 0.344 e. The van der Waals surface area contributed by atoms with Crippen LogP contribution in [-0.2, 0) is 25.9 Å². The first-order chi connectivity index (χ1) is 11.6. The zero-order valence-corrected chi connectivity index (χ0v) is 14.9. The molecule has 0 spiro atoms. The Morgan fingerprint density at radius 1 is 1.08 bits per heavy atom. The third-order valence-corrected chi connectivity index (χ3v) is 5.56. The van der Waals surface area contributed by atoms with Crippen LogP contribution in [-0.4, -0.2) is 22.6 Å². The zero-order chi connectivity index (χ0) is 16.7. The first-order valence-electron chi connectivity index (χ1n) is 8.98. The highest BCUT2D eigenvalue weighted by Crippen LogP contribution is 2.33. The fraction of sp³-hybridized carbons (Fsp3) is 0.364. The molecule has 3 aromatic rings. The van der Waals surface area contributed by atoms with Crippen molar-refractivity contribution in [2.45, 2.75) is 45.8 Å². The molecule has 0 unspecified atom stereocenters. The highest BCUT2D eigenvalue weighted by atomic mass is 15.1. The van der Waals surface area contributed by atoms with Gasteiger partial charge >= 0.3 is 0 Å². The standard InChI is InChI=1S/C22H26N2/c1-16-9-10-21-19(13-16)20-15-23(3)17(2)14-22(20)24(21)12-11-18-7-5-4-6-8-18/h4-10,13,17H,11-12,14-15H2,1-3H3/t17-/m0/s1. The minimum absolute atomic E-state index is 0.610. The number of likely N-dealkylation sites (N-methyl/N-ethyl adjacent to an activating group) is 1. The van der Waals surface area contributed by atoms with Crippen molar-refractivity contribution in [1.82, 2.24) is 9.47 Å². The Hall–Kier alpha value is -2.06. The molecule has 124 valence electrons. The molecule has 0 fully saturated rings. The van der Waals surface area contributed by atoms with Crippen molar-refractivity contribution in [2.24, 2.45) is 0 Å². The second-order valence-corrected chi connectivity index (χ2v) is 7.30. The first-order valence-corrected chi connectivity index (χ1v) is 8.98. The van der Waals surface area contributed by atoms with Crippen LogP contribution in [0, 0.1) is 6.92 Å². The van der Waals surface area contributed by atoms with Crippen molar-refractivity contribution in [3.05, 3.63) is 70.9 Å². The number of hydrogen-bond acceptors (Lipinski definition) is 1. The fourth-order valence-corrected chi connectivity index (χ4v) is 3.98. The molecule has 1 aliphatic rings. The monoisotopic (exact) mass is 318 g/mol. The molecular weight excluding hydrogens is 292 g/mol. The topological polar surface area (TPSA) is 8.17 Å². The summed E-state index contributed by atoms with van der Waals surface area (Å²) in [6.07, 6.45) is 2.24. The molecule has 1 atom stereocenters. The average molecular weight is 318 g/mol. The van der Waals surface area contributed by atoms with E-state index < -0.39 is 0 Å². The van der Waals surface area contributed by atoms with Gasteiger partial charge in [-0.1, -0.05) is 42.0 Å². The van der Waals surface area contributed by atoms with Crippen LogP contribution in [0.1, 0.15) is 29.3 Å². The van der Waals surface area contributed by atoms with Gasteiger partial charge < -0.3 is 4.57 Å². The van der Waals surface area contributed by atoms with Crippen LogP contribution in [0.5, 0.6) is 0 Å². The lowest BCUT2D eigenvalue weighted by molar-refractivity contribution is 0.228. The van der Waals surface area contributed by atoms with Crippen molar-refractivity contribution < 1.29 is 0 Å². The van der Waals surface area contributed by atoms with Crippen LogP contribution in [0.25, 0.3) is 10.9 Å². The van der Waals surface area contributed by atoms with Gasteiger partial charge in [0.1, 0.15) is 0 Å². The summed E-state index contributed by atoms with van der Waals surface area (Å²) >= 11 is 0. The van der Waals surface area contributed by atoms with Crippen molar-refractivity contribution >= 4 is 10.9 Å². The Morgan fingerprint density at radius 3 is 2.67 bits per heavy atom. The summed E-state index contributed by atoms with van der Waals surface area (Å²) in [5.74, 6) is 0. The molecule has 4 rings (SSSR count). The van der Waals surface area contributed by atoms with Gasteiger partial charge in [0.05, 0.1) is 0 Å². The lowest BCUT2D eigenvalue weighted by atomic mass is 9.99. The Labute approximate surface area is 144 Å². The molecule has 0 aliphatic carbocycles. The van der Waals surface area contributed by atoms with Crippen LogP contribution in [0.2, 0.25) is 0 Å². The van der Waals surface area contributed by atoms with Gasteiger partial charge in [0.2, 0.25) is 0 Å². The number of nitrogens with zero attached hydrogens (tertiary/aromatic N) is 2. The minimum atomic E-state index is 0.610. The molecule has 2 aromatic carbocycles. The van der Waals surface area contributed by atoms with E-state index >= 15 is 0 Å². The van der Waals surface area contributed by atoms with E-state index in [9.17, 15) is 0 Å². The molecule has 0 saturated carbocycles. The third-order valence-electron chi connectivity index (χ3n) is 5.56. The number of aromatic nitrogens is 1. The maximum absolute atomic E-state index is 2.58. The summed E-state index contributed by atoms with van der Waals surface area (Å²) in [6, 6.07) is 18.4. The molecule has 0 saturated heterocycles. The number of fused-ring (bicyclic) bond motifs is 3. The van der Waals surface area contributed by atoms with Gasteiger partial charge in [-0.25, -0.2) is 0 Å². The van der Waals surface area contributed by atoms with Crippen LogP contribution in [0.4, 0.5) is 0 Å². The van der Waals surface area contributed by atoms with Gasteiger partial charge in [0.15, 0.2) is 0 Å². The quantitative estimate of drug-likeness (QED) is 0.687. The van der Waals surface area contributed by atoms with Crippen LogP contribution >= 0.6 is 0 Å². The van der Waals surface area contributed by atoms with Crippen LogP contribution in [0.15, 0.2) is 48.5 Å². The Balaban J connectivity index is 1.78. The van der Waals surface area contributed by atoms with Gasteiger partial charge in [-0.05, 0) is 50.6 Å². The number of aryl methyl sites for hydroxylation is 3. The third kappa shape index (κ3) is 2.65. The van der Waals surface area contributed by atoms with E-state index in [1.807, 2.05) is 0 Å². The molecule has 1 aliphatic heterocycles. The molecule has 24 heavy (non-hydrogen) atoms. The van der Waals surface area contributed by atoms with E-state index in [-0.39, 0.29) is 0 Å². The molecule has 0 bridgehead atoms. The second kappa shape index (κ2) is 6.10. The SMILES string of the molecule is Cc1ccc2c(c1)c1c(n2CCc2ccccc2)C[C@H](C)N(C)C1. The van der Waals surface area contributed by atoms with Gasteiger partial charge in [0, 0.05) is 42.1 Å². The zero-order valence-electron chi connectivity index (χ0n) is 14.9. The number of hydrogen-bond donors (Lipinski definition) is 0. The molecule has 2 nitrogen and oxygen atoms in total. The molecular formula is C22H26N2. The molecule has 2 heterocycles. The molecule has 0 amide bonds. The highest BCUT2D eigenvalue weighted by Gasteiger charge is 2.26. The van der Waals surface area contributed by atoms with Crippen molar-refractivity contribution in [3.8, 4) is 0 Å². The Kier molecular flexibility index (Phi) is 3.93. The first kappa shape index (κ1) is 15.5. The summed E-state index contributed by atoms with van der Waals surface area (Å²) in [6.45, 7) is 6.67. The van der Waals surface area contributed by atoms with E-state index in [0.717, 1.165) is 25.9 Å². The van der Waals surface area contributed by atoms with Crippen LogP contribution < -0.4 is 0 Å². The molecule has 2 heteroatoms. The van der Waals surface area contributed by atoms with E-state index in [1.54, 1.807) is 11.3 Å².